The minimum absolute atomic E-state index is 0.162. The van der Waals surface area contributed by atoms with Crippen LogP contribution >= 0.6 is 15.9 Å². The van der Waals surface area contributed by atoms with Gasteiger partial charge in [-0.2, -0.15) is 0 Å². The van der Waals surface area contributed by atoms with Gasteiger partial charge in [-0.3, -0.25) is 10.1 Å². The van der Waals surface area contributed by atoms with Crippen LogP contribution in [-0.2, 0) is 12.8 Å². The van der Waals surface area contributed by atoms with Crippen molar-refractivity contribution in [2.24, 2.45) is 0 Å². The zero-order chi connectivity index (χ0) is 11.7. The molecule has 0 unspecified atom stereocenters. The average Bonchev–Trinajstić information content (AvgIpc) is 2.29. The van der Waals surface area contributed by atoms with Crippen molar-refractivity contribution in [2.45, 2.75) is 25.7 Å². The Labute approximate surface area is 102 Å². The van der Waals surface area contributed by atoms with Crippen LogP contribution in [0.25, 0.3) is 0 Å². The van der Waals surface area contributed by atoms with E-state index in [9.17, 15) is 10.1 Å². The van der Waals surface area contributed by atoms with Crippen molar-refractivity contribution in [1.29, 1.82) is 0 Å². The van der Waals surface area contributed by atoms with Gasteiger partial charge in [-0.15, -0.1) is 0 Å². The van der Waals surface area contributed by atoms with E-state index < -0.39 is 0 Å². The number of hydrogen-bond acceptors (Lipinski definition) is 3. The Hall–Kier alpha value is -1.10. The molecule has 0 fully saturated rings. The molecule has 4 nitrogen and oxygen atoms in total. The van der Waals surface area contributed by atoms with Crippen LogP contribution in [0.3, 0.4) is 0 Å². The summed E-state index contributed by atoms with van der Waals surface area (Å²) in [5.41, 5.74) is 3.17. The SMILES string of the molecule is CNc1c([N+](=O)[O-])cc(Br)c2c1CCCC2. The highest BCUT2D eigenvalue weighted by atomic mass is 79.9. The first-order chi connectivity index (χ1) is 7.65. The van der Waals surface area contributed by atoms with E-state index in [-0.39, 0.29) is 10.6 Å². The van der Waals surface area contributed by atoms with Crippen LogP contribution < -0.4 is 5.32 Å². The number of hydrogen-bond donors (Lipinski definition) is 1. The summed E-state index contributed by atoms with van der Waals surface area (Å²) in [6.45, 7) is 0. The van der Waals surface area contributed by atoms with Crippen molar-refractivity contribution in [1.82, 2.24) is 0 Å². The molecule has 5 heteroatoms. The van der Waals surface area contributed by atoms with Gasteiger partial charge in [0.05, 0.1) is 4.92 Å². The van der Waals surface area contributed by atoms with E-state index in [4.69, 9.17) is 0 Å². The molecule has 1 aromatic rings. The molecular formula is C11H13BrN2O2. The van der Waals surface area contributed by atoms with Gasteiger partial charge in [-0.1, -0.05) is 15.9 Å². The van der Waals surface area contributed by atoms with Crippen LogP contribution in [0.1, 0.15) is 24.0 Å². The van der Waals surface area contributed by atoms with E-state index in [0.29, 0.717) is 5.69 Å². The predicted octanol–water partition coefficient (Wildman–Crippen LogP) is 3.28. The molecule has 0 atom stereocenters. The highest BCUT2D eigenvalue weighted by molar-refractivity contribution is 9.10. The Morgan fingerprint density at radius 2 is 2.00 bits per heavy atom. The summed E-state index contributed by atoms with van der Waals surface area (Å²) in [5.74, 6) is 0. The maximum Gasteiger partial charge on any atom is 0.293 e. The molecule has 0 amide bonds. The number of nitrogens with one attached hydrogen (secondary N) is 1. The Morgan fingerprint density at radius 3 is 2.56 bits per heavy atom. The van der Waals surface area contributed by atoms with Crippen molar-refractivity contribution < 1.29 is 4.92 Å². The van der Waals surface area contributed by atoms with Crippen LogP contribution in [0.4, 0.5) is 11.4 Å². The zero-order valence-corrected chi connectivity index (χ0v) is 10.6. The molecule has 1 N–H and O–H groups in total. The number of nitrogens with zero attached hydrogens (tertiary/aromatic N) is 1. The maximum atomic E-state index is 11.0. The van der Waals surface area contributed by atoms with Gasteiger partial charge >= 0.3 is 0 Å². The number of halogens is 1. The molecule has 16 heavy (non-hydrogen) atoms. The summed E-state index contributed by atoms with van der Waals surface area (Å²) < 4.78 is 0.868. The van der Waals surface area contributed by atoms with Gasteiger partial charge in [0, 0.05) is 17.6 Å². The Kier molecular flexibility index (Phi) is 3.14. The minimum atomic E-state index is -0.328. The predicted molar refractivity (Wildman–Crippen MR) is 67.0 cm³/mol. The van der Waals surface area contributed by atoms with Crippen molar-refractivity contribution in [3.8, 4) is 0 Å². The van der Waals surface area contributed by atoms with Crippen LogP contribution in [0.2, 0.25) is 0 Å². The summed E-state index contributed by atoms with van der Waals surface area (Å²) in [7, 11) is 1.74. The van der Waals surface area contributed by atoms with E-state index >= 15 is 0 Å². The molecule has 86 valence electrons. The number of nitro benzene ring substituents is 1. The van der Waals surface area contributed by atoms with Crippen molar-refractivity contribution in [2.75, 3.05) is 12.4 Å². The van der Waals surface area contributed by atoms with Gasteiger partial charge in [-0.05, 0) is 36.8 Å². The third-order valence-corrected chi connectivity index (χ3v) is 3.73. The number of benzene rings is 1. The lowest BCUT2D eigenvalue weighted by Crippen LogP contribution is -2.09. The summed E-state index contributed by atoms with van der Waals surface area (Å²) in [4.78, 5) is 10.6. The van der Waals surface area contributed by atoms with E-state index in [2.05, 4.69) is 21.2 Å². The third-order valence-electron chi connectivity index (χ3n) is 3.02. The lowest BCUT2D eigenvalue weighted by molar-refractivity contribution is -0.384. The second-order valence-electron chi connectivity index (χ2n) is 3.92. The summed E-state index contributed by atoms with van der Waals surface area (Å²) in [5, 5.41) is 13.9. The fourth-order valence-electron chi connectivity index (χ4n) is 2.30. The standard InChI is InChI=1S/C11H13BrN2O2/c1-13-11-8-5-3-2-4-7(8)9(12)6-10(11)14(15)16/h6,13H,2-5H2,1H3. The maximum absolute atomic E-state index is 11.0. The lowest BCUT2D eigenvalue weighted by atomic mass is 9.90. The molecule has 0 heterocycles. The Morgan fingerprint density at radius 1 is 1.38 bits per heavy atom. The highest BCUT2D eigenvalue weighted by Gasteiger charge is 2.24. The first kappa shape index (κ1) is 11.4. The second-order valence-corrected chi connectivity index (χ2v) is 4.78. The van der Waals surface area contributed by atoms with Crippen LogP contribution in [0, 0.1) is 10.1 Å². The van der Waals surface area contributed by atoms with Gasteiger partial charge < -0.3 is 5.32 Å². The average molecular weight is 285 g/mol. The smallest absolute Gasteiger partial charge is 0.293 e. The molecular weight excluding hydrogens is 272 g/mol. The molecule has 0 saturated heterocycles. The topological polar surface area (TPSA) is 55.2 Å². The first-order valence-corrected chi connectivity index (χ1v) is 6.11. The van der Waals surface area contributed by atoms with Gasteiger partial charge in [-0.25, -0.2) is 0 Å². The minimum Gasteiger partial charge on any atom is -0.382 e. The monoisotopic (exact) mass is 284 g/mol. The fraction of sp³-hybridized carbons (Fsp3) is 0.455. The molecule has 1 aliphatic rings. The summed E-state index contributed by atoms with van der Waals surface area (Å²) in [6.07, 6.45) is 4.19. The first-order valence-electron chi connectivity index (χ1n) is 5.31. The quantitative estimate of drug-likeness (QED) is 0.670. The van der Waals surface area contributed by atoms with Gasteiger partial charge in [0.1, 0.15) is 5.69 Å². The Balaban J connectivity index is 2.66. The number of fused-ring (bicyclic) bond motifs is 1. The van der Waals surface area contributed by atoms with Crippen molar-refractivity contribution >= 4 is 27.3 Å². The van der Waals surface area contributed by atoms with Crippen molar-refractivity contribution in [3.05, 3.63) is 31.8 Å². The number of rotatable bonds is 2. The molecule has 0 saturated carbocycles. The molecule has 0 radical (unpaired) electrons. The number of nitro groups is 1. The van der Waals surface area contributed by atoms with Gasteiger partial charge in [0.15, 0.2) is 0 Å². The van der Waals surface area contributed by atoms with Crippen LogP contribution in [-0.4, -0.2) is 12.0 Å². The number of anilines is 1. The van der Waals surface area contributed by atoms with Gasteiger partial charge in [0.2, 0.25) is 0 Å². The van der Waals surface area contributed by atoms with E-state index in [1.807, 2.05) is 0 Å². The third kappa shape index (κ3) is 1.80. The lowest BCUT2D eigenvalue weighted by Gasteiger charge is -2.20. The molecule has 1 aliphatic carbocycles. The van der Waals surface area contributed by atoms with Crippen LogP contribution in [0.15, 0.2) is 10.5 Å². The summed E-state index contributed by atoms with van der Waals surface area (Å²) >= 11 is 3.43. The molecule has 0 spiro atoms. The normalized spacial score (nSPS) is 14.4. The van der Waals surface area contributed by atoms with E-state index in [1.165, 1.54) is 5.56 Å². The largest absolute Gasteiger partial charge is 0.382 e. The summed E-state index contributed by atoms with van der Waals surface area (Å²) in [6, 6.07) is 1.61. The van der Waals surface area contributed by atoms with Gasteiger partial charge in [0.25, 0.3) is 5.69 Å². The molecule has 1 aromatic carbocycles. The molecule has 0 aliphatic heterocycles. The molecule has 0 aromatic heterocycles. The van der Waals surface area contributed by atoms with E-state index in [0.717, 1.165) is 35.7 Å². The molecule has 2 rings (SSSR count). The molecule has 0 bridgehead atoms. The Bertz CT molecular complexity index is 446. The highest BCUT2D eigenvalue weighted by Crippen LogP contribution is 2.39. The zero-order valence-electron chi connectivity index (χ0n) is 9.05. The second kappa shape index (κ2) is 4.41. The van der Waals surface area contributed by atoms with Crippen LogP contribution in [0.5, 0.6) is 0 Å². The fourth-order valence-corrected chi connectivity index (χ4v) is 2.96. The van der Waals surface area contributed by atoms with Crippen molar-refractivity contribution in [3.63, 3.8) is 0 Å². The van der Waals surface area contributed by atoms with E-state index in [1.54, 1.807) is 13.1 Å².